The summed E-state index contributed by atoms with van der Waals surface area (Å²) in [6, 6.07) is 6.01. The van der Waals surface area contributed by atoms with E-state index in [0.29, 0.717) is 18.9 Å². The molecule has 0 amide bonds. The first-order valence-corrected chi connectivity index (χ1v) is 7.96. The molecule has 1 aliphatic rings. The Morgan fingerprint density at radius 3 is 2.95 bits per heavy atom. The van der Waals surface area contributed by atoms with Crippen LogP contribution in [0.4, 0.5) is 5.69 Å². The van der Waals surface area contributed by atoms with Crippen LogP contribution in [0, 0.1) is 0 Å². The van der Waals surface area contributed by atoms with Gasteiger partial charge in [0.2, 0.25) is 0 Å². The monoisotopic (exact) mass is 308 g/mol. The minimum absolute atomic E-state index is 0.133. The zero-order chi connectivity index (χ0) is 16.2. The number of aliphatic hydroxyl groups excluding tert-OH is 2. The van der Waals surface area contributed by atoms with Gasteiger partial charge in [-0.2, -0.15) is 0 Å². The standard InChI is InChI=1S/C17H28N2O3/c1-12-9-18-16-5-4-14(8-15(12)16)22-11-13(21)10-19-17(2,3)6-7-20/h4-5,8,12-13,18-21H,6-7,9-11H2,1-3H3. The van der Waals surface area contributed by atoms with Gasteiger partial charge in [-0.3, -0.25) is 0 Å². The smallest absolute Gasteiger partial charge is 0.119 e. The Hall–Kier alpha value is -1.30. The molecule has 0 aliphatic carbocycles. The molecule has 4 N–H and O–H groups in total. The molecule has 1 aromatic carbocycles. The zero-order valence-electron chi connectivity index (χ0n) is 13.7. The Kier molecular flexibility index (Phi) is 5.67. The maximum absolute atomic E-state index is 10.0. The number of benzene rings is 1. The molecular weight excluding hydrogens is 280 g/mol. The minimum atomic E-state index is -0.582. The Morgan fingerprint density at radius 2 is 2.23 bits per heavy atom. The second-order valence-electron chi connectivity index (χ2n) is 6.73. The second kappa shape index (κ2) is 7.31. The van der Waals surface area contributed by atoms with Gasteiger partial charge in [0.1, 0.15) is 18.5 Å². The summed E-state index contributed by atoms with van der Waals surface area (Å²) >= 11 is 0. The van der Waals surface area contributed by atoms with E-state index in [9.17, 15) is 5.11 Å². The fourth-order valence-electron chi connectivity index (χ4n) is 2.59. The van der Waals surface area contributed by atoms with Crippen LogP contribution in [0.5, 0.6) is 5.75 Å². The molecule has 2 atom stereocenters. The van der Waals surface area contributed by atoms with Crippen molar-refractivity contribution in [2.45, 2.75) is 44.8 Å². The van der Waals surface area contributed by atoms with Gasteiger partial charge in [0.25, 0.3) is 0 Å². The lowest BCUT2D eigenvalue weighted by Gasteiger charge is -2.27. The van der Waals surface area contributed by atoms with Gasteiger partial charge in [-0.25, -0.2) is 0 Å². The van der Waals surface area contributed by atoms with Gasteiger partial charge in [-0.15, -0.1) is 0 Å². The highest BCUT2D eigenvalue weighted by Gasteiger charge is 2.20. The third-order valence-corrected chi connectivity index (χ3v) is 4.15. The van der Waals surface area contributed by atoms with Crippen molar-refractivity contribution in [2.24, 2.45) is 0 Å². The topological polar surface area (TPSA) is 73.8 Å². The first-order chi connectivity index (χ1) is 10.4. The van der Waals surface area contributed by atoms with Gasteiger partial charge in [-0.1, -0.05) is 6.92 Å². The normalized spacial score (nSPS) is 18.7. The molecule has 0 spiro atoms. The Balaban J connectivity index is 1.79. The molecule has 1 aromatic rings. The van der Waals surface area contributed by atoms with Crippen molar-refractivity contribution in [1.82, 2.24) is 5.32 Å². The van der Waals surface area contributed by atoms with E-state index in [1.165, 1.54) is 11.3 Å². The molecule has 0 saturated carbocycles. The molecule has 1 heterocycles. The van der Waals surface area contributed by atoms with E-state index in [0.717, 1.165) is 12.3 Å². The molecule has 5 heteroatoms. The number of rotatable bonds is 8. The lowest BCUT2D eigenvalue weighted by atomic mass is 10.0. The van der Waals surface area contributed by atoms with Crippen molar-refractivity contribution in [2.75, 3.05) is 31.6 Å². The number of hydrogen-bond donors (Lipinski definition) is 4. The van der Waals surface area contributed by atoms with E-state index >= 15 is 0 Å². The Bertz CT molecular complexity index is 491. The Morgan fingerprint density at radius 1 is 1.45 bits per heavy atom. The van der Waals surface area contributed by atoms with E-state index in [2.05, 4.69) is 23.6 Å². The van der Waals surface area contributed by atoms with Gasteiger partial charge in [0, 0.05) is 36.8 Å². The number of hydrogen-bond acceptors (Lipinski definition) is 5. The number of anilines is 1. The first kappa shape index (κ1) is 17.1. The van der Waals surface area contributed by atoms with E-state index < -0.39 is 6.10 Å². The average molecular weight is 308 g/mol. The molecule has 0 saturated heterocycles. The average Bonchev–Trinajstić information content (AvgIpc) is 2.84. The van der Waals surface area contributed by atoms with Crippen molar-refractivity contribution < 1.29 is 14.9 Å². The molecule has 2 rings (SSSR count). The van der Waals surface area contributed by atoms with Gasteiger partial charge < -0.3 is 25.6 Å². The van der Waals surface area contributed by atoms with E-state index in [1.807, 2.05) is 26.0 Å². The summed E-state index contributed by atoms with van der Waals surface area (Å²) in [5.74, 6) is 1.28. The fraction of sp³-hybridized carbons (Fsp3) is 0.647. The van der Waals surface area contributed by atoms with Crippen molar-refractivity contribution in [3.05, 3.63) is 23.8 Å². The van der Waals surface area contributed by atoms with E-state index in [-0.39, 0.29) is 18.8 Å². The largest absolute Gasteiger partial charge is 0.491 e. The molecule has 0 aromatic heterocycles. The SMILES string of the molecule is CC1CNc2ccc(OCC(O)CNC(C)(C)CCO)cc21. The summed E-state index contributed by atoms with van der Waals surface area (Å²) < 4.78 is 5.70. The predicted octanol–water partition coefficient (Wildman–Crippen LogP) is 1.71. The highest BCUT2D eigenvalue weighted by molar-refractivity contribution is 5.59. The van der Waals surface area contributed by atoms with Crippen LogP contribution in [0.3, 0.4) is 0 Å². The fourth-order valence-corrected chi connectivity index (χ4v) is 2.59. The molecule has 2 unspecified atom stereocenters. The minimum Gasteiger partial charge on any atom is -0.491 e. The summed E-state index contributed by atoms with van der Waals surface area (Å²) in [5, 5.41) is 25.6. The summed E-state index contributed by atoms with van der Waals surface area (Å²) in [6.07, 6.45) is 0.0674. The quantitative estimate of drug-likeness (QED) is 0.588. The van der Waals surface area contributed by atoms with Crippen LogP contribution in [0.2, 0.25) is 0 Å². The molecule has 22 heavy (non-hydrogen) atoms. The maximum Gasteiger partial charge on any atom is 0.119 e. The van der Waals surface area contributed by atoms with E-state index in [4.69, 9.17) is 9.84 Å². The van der Waals surface area contributed by atoms with Gasteiger partial charge in [0.15, 0.2) is 0 Å². The van der Waals surface area contributed by atoms with Crippen LogP contribution in [0.1, 0.15) is 38.7 Å². The zero-order valence-corrected chi connectivity index (χ0v) is 13.7. The van der Waals surface area contributed by atoms with Crippen LogP contribution in [0.15, 0.2) is 18.2 Å². The lowest BCUT2D eigenvalue weighted by molar-refractivity contribution is 0.0959. The number of β-amino-alcohol motifs (C(OH)–C–C–N with tert-alkyl or cyclic N) is 1. The van der Waals surface area contributed by atoms with Crippen LogP contribution in [-0.4, -0.2) is 48.2 Å². The summed E-state index contributed by atoms with van der Waals surface area (Å²) in [6.45, 7) is 7.99. The second-order valence-corrected chi connectivity index (χ2v) is 6.73. The number of fused-ring (bicyclic) bond motifs is 1. The first-order valence-electron chi connectivity index (χ1n) is 7.96. The van der Waals surface area contributed by atoms with Gasteiger partial charge in [0.05, 0.1) is 0 Å². The number of aliphatic hydroxyl groups is 2. The van der Waals surface area contributed by atoms with Crippen LogP contribution in [-0.2, 0) is 0 Å². The van der Waals surface area contributed by atoms with Crippen LogP contribution < -0.4 is 15.4 Å². The van der Waals surface area contributed by atoms with Gasteiger partial charge in [-0.05, 0) is 44.0 Å². The lowest BCUT2D eigenvalue weighted by Crippen LogP contribution is -2.45. The molecule has 0 bridgehead atoms. The van der Waals surface area contributed by atoms with Crippen LogP contribution >= 0.6 is 0 Å². The third-order valence-electron chi connectivity index (χ3n) is 4.15. The van der Waals surface area contributed by atoms with Crippen LogP contribution in [0.25, 0.3) is 0 Å². The van der Waals surface area contributed by atoms with Crippen molar-refractivity contribution in [3.8, 4) is 5.75 Å². The van der Waals surface area contributed by atoms with E-state index in [1.54, 1.807) is 0 Å². The Labute approximate surface area is 132 Å². The number of nitrogens with one attached hydrogen (secondary N) is 2. The molecule has 0 radical (unpaired) electrons. The number of ether oxygens (including phenoxy) is 1. The molecule has 1 aliphatic heterocycles. The summed E-state index contributed by atoms with van der Waals surface area (Å²) in [5.41, 5.74) is 2.26. The van der Waals surface area contributed by atoms with Crippen molar-refractivity contribution >= 4 is 5.69 Å². The third kappa shape index (κ3) is 4.60. The highest BCUT2D eigenvalue weighted by atomic mass is 16.5. The molecule has 0 fully saturated rings. The highest BCUT2D eigenvalue weighted by Crippen LogP contribution is 2.33. The predicted molar refractivity (Wildman–Crippen MR) is 88.6 cm³/mol. The molecule has 124 valence electrons. The van der Waals surface area contributed by atoms with Gasteiger partial charge >= 0.3 is 0 Å². The summed E-state index contributed by atoms with van der Waals surface area (Å²) in [4.78, 5) is 0. The van der Waals surface area contributed by atoms with Crippen molar-refractivity contribution in [1.29, 1.82) is 0 Å². The summed E-state index contributed by atoms with van der Waals surface area (Å²) in [7, 11) is 0. The van der Waals surface area contributed by atoms with Crippen molar-refractivity contribution in [3.63, 3.8) is 0 Å². The maximum atomic E-state index is 10.0. The molecule has 5 nitrogen and oxygen atoms in total. The molecular formula is C17H28N2O3.